The van der Waals surface area contributed by atoms with Crippen molar-refractivity contribution in [3.8, 4) is 16.9 Å². The van der Waals surface area contributed by atoms with Crippen LogP contribution in [0.3, 0.4) is 0 Å². The second kappa shape index (κ2) is 14.0. The van der Waals surface area contributed by atoms with E-state index in [2.05, 4.69) is 10.4 Å². The van der Waals surface area contributed by atoms with E-state index in [9.17, 15) is 41.2 Å². The summed E-state index contributed by atoms with van der Waals surface area (Å²) in [4.78, 5) is 43.6. The van der Waals surface area contributed by atoms with Crippen LogP contribution < -0.4 is 4.72 Å². The Kier molecular flexibility index (Phi) is 9.63. The Bertz CT molecular complexity index is 2120. The molecular formula is C33H30F3N7O8S. The molecule has 272 valence electrons. The van der Waals surface area contributed by atoms with Gasteiger partial charge in [-0.15, -0.1) is 5.01 Å². The molecule has 3 amide bonds. The van der Waals surface area contributed by atoms with Crippen LogP contribution in [0.5, 0.6) is 0 Å². The zero-order chi connectivity index (χ0) is 37.4. The minimum Gasteiger partial charge on any atom is -0.569 e. The van der Waals surface area contributed by atoms with Crippen molar-refractivity contribution in [2.45, 2.75) is 50.0 Å². The van der Waals surface area contributed by atoms with E-state index in [0.717, 1.165) is 33.3 Å². The van der Waals surface area contributed by atoms with Gasteiger partial charge in [-0.2, -0.15) is 18.3 Å². The normalized spacial score (nSPS) is 16.9. The zero-order valence-corrected chi connectivity index (χ0v) is 28.3. The van der Waals surface area contributed by atoms with Crippen LogP contribution in [0.4, 0.5) is 18.0 Å². The zero-order valence-electron chi connectivity index (χ0n) is 27.5. The Morgan fingerprint density at radius 1 is 1.06 bits per heavy atom. The van der Waals surface area contributed by atoms with Crippen molar-refractivity contribution in [2.75, 3.05) is 13.2 Å². The highest BCUT2D eigenvalue weighted by atomic mass is 32.2. The van der Waals surface area contributed by atoms with E-state index in [-0.39, 0.29) is 38.9 Å². The van der Waals surface area contributed by atoms with Gasteiger partial charge < -0.3 is 14.8 Å². The standard InChI is InChI=1S/C33H30F3N7O8S/c1-20-9-11-22(12-10-20)28-18-29(33(34,35)36)37-42(28)23-13-15-25(16-14-23)52(48,49)38-32(46)50-19-24-6-5-17-40(24)43(47)39-51-21(2)41-30(44)26-7-3-4-8-27(26)31(41)45/h3-4,7-16,18,21,24H,5-6,17,19H2,1-2H3,(H,38,46)/t21?,24-/m0/s1. The molecule has 0 bridgehead atoms. The van der Waals surface area contributed by atoms with Gasteiger partial charge >= 0.3 is 12.3 Å². The second-order valence-electron chi connectivity index (χ2n) is 11.9. The van der Waals surface area contributed by atoms with E-state index < -0.39 is 58.7 Å². The number of benzene rings is 3. The molecule has 1 N–H and O–H groups in total. The summed E-state index contributed by atoms with van der Waals surface area (Å²) in [6.45, 7) is 2.97. The number of aromatic nitrogens is 2. The summed E-state index contributed by atoms with van der Waals surface area (Å²) in [5.41, 5.74) is 0.854. The van der Waals surface area contributed by atoms with Gasteiger partial charge in [0, 0.05) is 5.56 Å². The van der Waals surface area contributed by atoms with Crippen LogP contribution in [0.15, 0.2) is 89.0 Å². The molecule has 0 saturated carbocycles. The molecule has 0 spiro atoms. The highest BCUT2D eigenvalue weighted by Gasteiger charge is 2.40. The number of aryl methyl sites for hydroxylation is 1. The lowest BCUT2D eigenvalue weighted by Gasteiger charge is -2.22. The van der Waals surface area contributed by atoms with Crippen LogP contribution in [0, 0.1) is 12.1 Å². The van der Waals surface area contributed by atoms with E-state index in [1.165, 1.54) is 36.2 Å². The number of carbonyl (C=O) groups is 3. The summed E-state index contributed by atoms with van der Waals surface area (Å²) in [6.07, 6.45) is -6.43. The Labute approximate surface area is 294 Å². The van der Waals surface area contributed by atoms with Gasteiger partial charge in [0.15, 0.2) is 5.69 Å². The first-order valence-electron chi connectivity index (χ1n) is 15.8. The molecule has 2 aliphatic heterocycles. The van der Waals surface area contributed by atoms with E-state index in [0.29, 0.717) is 18.4 Å². The second-order valence-corrected chi connectivity index (χ2v) is 13.6. The summed E-state index contributed by atoms with van der Waals surface area (Å²) in [5, 5.41) is 21.1. The fourth-order valence-corrected chi connectivity index (χ4v) is 6.63. The fourth-order valence-electron chi connectivity index (χ4n) is 5.74. The number of halogens is 3. The van der Waals surface area contributed by atoms with Gasteiger partial charge in [-0.25, -0.2) is 27.5 Å². The van der Waals surface area contributed by atoms with Crippen molar-refractivity contribution in [3.63, 3.8) is 0 Å². The average molecular weight is 742 g/mol. The minimum atomic E-state index is -4.73. The molecule has 2 atom stereocenters. The topological polar surface area (TPSA) is 179 Å². The molecule has 4 aromatic rings. The molecule has 19 heteroatoms. The molecule has 2 aliphatic rings. The highest BCUT2D eigenvalue weighted by Crippen LogP contribution is 2.33. The van der Waals surface area contributed by atoms with Crippen molar-refractivity contribution in [1.29, 1.82) is 0 Å². The number of hydrogen-bond acceptors (Lipinski definition) is 10. The average Bonchev–Trinajstić information content (AvgIpc) is 3.83. The number of nitrogens with one attached hydrogen (secondary N) is 1. The number of amides is 3. The lowest BCUT2D eigenvalue weighted by atomic mass is 10.1. The molecule has 6 rings (SSSR count). The SMILES string of the molecule is Cc1ccc(-c2cc(C(F)(F)F)nn2-c2ccc(S(=O)(=O)NC(=O)OC[C@@H]3CCCN3[N+]([O-])=NOC(C)N3C(=O)c4ccccc4C3=O)cc2)cc1. The third kappa shape index (κ3) is 7.25. The summed E-state index contributed by atoms with van der Waals surface area (Å²) in [5.74, 6) is -1.20. The molecule has 15 nitrogen and oxygen atoms in total. The molecular weight excluding hydrogens is 711 g/mol. The predicted molar refractivity (Wildman–Crippen MR) is 174 cm³/mol. The van der Waals surface area contributed by atoms with Crippen LogP contribution in [-0.4, -0.2) is 76.4 Å². The van der Waals surface area contributed by atoms with Crippen LogP contribution in [0.1, 0.15) is 51.7 Å². The number of alkyl halides is 3. The molecule has 3 heterocycles. The molecule has 52 heavy (non-hydrogen) atoms. The number of carbonyl (C=O) groups excluding carboxylic acids is 3. The monoisotopic (exact) mass is 741 g/mol. The minimum absolute atomic E-state index is 0.105. The Morgan fingerprint density at radius 3 is 2.31 bits per heavy atom. The van der Waals surface area contributed by atoms with Crippen molar-refractivity contribution >= 4 is 27.9 Å². The Hall–Kier alpha value is -5.98. The summed E-state index contributed by atoms with van der Waals surface area (Å²) in [6, 6.07) is 17.8. The predicted octanol–water partition coefficient (Wildman–Crippen LogP) is 5.20. The van der Waals surface area contributed by atoms with E-state index in [1.54, 1.807) is 41.1 Å². The van der Waals surface area contributed by atoms with E-state index in [4.69, 9.17) is 9.57 Å². The van der Waals surface area contributed by atoms with E-state index in [1.807, 2.05) is 6.92 Å². The van der Waals surface area contributed by atoms with Crippen molar-refractivity contribution in [2.24, 2.45) is 5.28 Å². The third-order valence-electron chi connectivity index (χ3n) is 8.39. The smallest absolute Gasteiger partial charge is 0.435 e. The first-order chi connectivity index (χ1) is 24.6. The number of fused-ring (bicyclic) bond motifs is 1. The van der Waals surface area contributed by atoms with Crippen molar-refractivity contribution < 1.29 is 50.5 Å². The summed E-state index contributed by atoms with van der Waals surface area (Å²) >= 11 is 0. The van der Waals surface area contributed by atoms with Gasteiger partial charge in [-0.05, 0) is 69.2 Å². The molecule has 1 aromatic heterocycles. The number of imide groups is 1. The third-order valence-corrected chi connectivity index (χ3v) is 9.72. The molecule has 1 fully saturated rings. The Balaban J connectivity index is 1.07. The van der Waals surface area contributed by atoms with Crippen LogP contribution >= 0.6 is 0 Å². The number of hydrazine groups is 1. The van der Waals surface area contributed by atoms with Gasteiger partial charge in [0.2, 0.25) is 11.5 Å². The largest absolute Gasteiger partial charge is 0.569 e. The molecule has 1 unspecified atom stereocenters. The lowest BCUT2D eigenvalue weighted by Crippen LogP contribution is -2.42. The first kappa shape index (κ1) is 35.8. The summed E-state index contributed by atoms with van der Waals surface area (Å²) < 4.78 is 74.5. The quantitative estimate of drug-likeness (QED) is 0.0984. The maximum absolute atomic E-state index is 13.6. The molecule has 3 aromatic carbocycles. The molecule has 0 aliphatic carbocycles. The summed E-state index contributed by atoms with van der Waals surface area (Å²) in [7, 11) is -4.49. The highest BCUT2D eigenvalue weighted by molar-refractivity contribution is 7.90. The van der Waals surface area contributed by atoms with Gasteiger partial charge in [-0.1, -0.05) is 42.0 Å². The van der Waals surface area contributed by atoms with Crippen molar-refractivity contribution in [3.05, 3.63) is 106 Å². The Morgan fingerprint density at radius 2 is 1.69 bits per heavy atom. The van der Waals surface area contributed by atoms with Gasteiger partial charge in [0.1, 0.15) is 12.6 Å². The maximum atomic E-state index is 13.6. The number of sulfonamides is 1. The van der Waals surface area contributed by atoms with Gasteiger partial charge in [-0.3, -0.25) is 9.59 Å². The van der Waals surface area contributed by atoms with Gasteiger partial charge in [0.05, 0.1) is 38.9 Å². The van der Waals surface area contributed by atoms with Gasteiger partial charge in [0.25, 0.3) is 21.8 Å². The molecule has 1 saturated heterocycles. The number of rotatable bonds is 10. The first-order valence-corrected chi connectivity index (χ1v) is 17.2. The fraction of sp³-hybridized carbons (Fsp3) is 0.273. The lowest BCUT2D eigenvalue weighted by molar-refractivity contribution is -0.716. The number of nitrogens with zero attached hydrogens (tertiary/aromatic N) is 6. The van der Waals surface area contributed by atoms with Crippen LogP contribution in [0.2, 0.25) is 0 Å². The van der Waals surface area contributed by atoms with E-state index >= 15 is 0 Å². The number of hydrogen-bond donors (Lipinski definition) is 1. The van der Waals surface area contributed by atoms with Crippen LogP contribution in [-0.2, 0) is 25.8 Å². The van der Waals surface area contributed by atoms with Crippen LogP contribution in [0.25, 0.3) is 16.9 Å². The maximum Gasteiger partial charge on any atom is 0.435 e. The molecule has 0 radical (unpaired) electrons. The number of ether oxygens (including phenoxy) is 1. The van der Waals surface area contributed by atoms with Crippen molar-refractivity contribution in [1.82, 2.24) is 24.4 Å².